The smallest absolute Gasteiger partial charge is 0.0898 e. The van der Waals surface area contributed by atoms with Crippen molar-refractivity contribution in [1.82, 2.24) is 29.6 Å². The van der Waals surface area contributed by atoms with E-state index in [1.54, 1.807) is 0 Å². The standard InChI is InChI=1S/C20H22N6/c1-3-17-13-25-11-9-23(15-25)7-8-24-10-12-26(16-24)14-18-4-2-6-20(22-18)19(5-1)21-17/h1-6,9-12H,7-8,13-16H2. The number of pyridine rings is 2. The molecule has 2 aromatic rings. The van der Waals surface area contributed by atoms with Crippen LogP contribution in [-0.2, 0) is 13.1 Å². The maximum absolute atomic E-state index is 4.85. The highest BCUT2D eigenvalue weighted by Gasteiger charge is 2.18. The molecule has 2 aromatic heterocycles. The molecule has 3 aliphatic rings. The second-order valence-corrected chi connectivity index (χ2v) is 7.03. The topological polar surface area (TPSA) is 38.7 Å². The molecule has 6 nitrogen and oxygen atoms in total. The average Bonchev–Trinajstić information content (AvgIpc) is 3.29. The summed E-state index contributed by atoms with van der Waals surface area (Å²) >= 11 is 0. The zero-order valence-electron chi connectivity index (χ0n) is 14.7. The van der Waals surface area contributed by atoms with Gasteiger partial charge in [-0.05, 0) is 24.3 Å². The third kappa shape index (κ3) is 3.10. The molecule has 5 heterocycles. The highest BCUT2D eigenvalue weighted by atomic mass is 15.4. The van der Waals surface area contributed by atoms with Crippen molar-refractivity contribution in [3.8, 4) is 11.4 Å². The van der Waals surface area contributed by atoms with Crippen molar-refractivity contribution in [3.63, 3.8) is 0 Å². The summed E-state index contributed by atoms with van der Waals surface area (Å²) in [5, 5.41) is 0. The molecule has 0 amide bonds. The number of hydrogen-bond acceptors (Lipinski definition) is 6. The van der Waals surface area contributed by atoms with E-state index in [4.69, 9.17) is 9.97 Å². The monoisotopic (exact) mass is 346 g/mol. The van der Waals surface area contributed by atoms with Crippen LogP contribution < -0.4 is 0 Å². The van der Waals surface area contributed by atoms with E-state index in [0.717, 1.165) is 62.3 Å². The molecular formula is C20H22N6. The Morgan fingerprint density at radius 1 is 0.577 bits per heavy atom. The van der Waals surface area contributed by atoms with Gasteiger partial charge in [0, 0.05) is 37.9 Å². The molecule has 0 saturated heterocycles. The van der Waals surface area contributed by atoms with E-state index in [2.05, 4.69) is 68.7 Å². The lowest BCUT2D eigenvalue weighted by molar-refractivity contribution is 0.211. The molecule has 0 unspecified atom stereocenters. The summed E-state index contributed by atoms with van der Waals surface area (Å²) in [5.74, 6) is 0. The quantitative estimate of drug-likeness (QED) is 0.729. The van der Waals surface area contributed by atoms with Gasteiger partial charge >= 0.3 is 0 Å². The predicted octanol–water partition coefficient (Wildman–Crippen LogP) is 2.25. The van der Waals surface area contributed by atoms with Crippen molar-refractivity contribution in [2.24, 2.45) is 0 Å². The molecule has 0 saturated carbocycles. The van der Waals surface area contributed by atoms with E-state index in [1.165, 1.54) is 0 Å². The molecule has 6 heteroatoms. The maximum atomic E-state index is 4.85. The minimum absolute atomic E-state index is 0.817. The highest BCUT2D eigenvalue weighted by molar-refractivity contribution is 5.54. The van der Waals surface area contributed by atoms with Crippen LogP contribution in [0.3, 0.4) is 0 Å². The van der Waals surface area contributed by atoms with Crippen LogP contribution in [0.4, 0.5) is 0 Å². The Bertz CT molecular complexity index is 789. The van der Waals surface area contributed by atoms with Gasteiger partial charge < -0.3 is 19.6 Å². The van der Waals surface area contributed by atoms with Crippen LogP contribution in [0.2, 0.25) is 0 Å². The second-order valence-electron chi connectivity index (χ2n) is 7.03. The molecule has 0 fully saturated rings. The van der Waals surface area contributed by atoms with Gasteiger partial charge in [-0.1, -0.05) is 12.1 Å². The molecule has 132 valence electrons. The third-order valence-corrected chi connectivity index (χ3v) is 4.98. The zero-order chi connectivity index (χ0) is 17.3. The molecule has 0 aromatic carbocycles. The first-order chi connectivity index (χ1) is 12.8. The molecule has 3 aliphatic heterocycles. The molecule has 0 atom stereocenters. The Kier molecular flexibility index (Phi) is 3.74. The average molecular weight is 346 g/mol. The van der Waals surface area contributed by atoms with Crippen LogP contribution in [-0.4, -0.2) is 56.0 Å². The van der Waals surface area contributed by atoms with Crippen molar-refractivity contribution in [1.29, 1.82) is 0 Å². The van der Waals surface area contributed by atoms with Crippen LogP contribution in [0.25, 0.3) is 11.4 Å². The SMILES string of the molecule is C1=CN2Cc3cccc(n3)-c3cccc(n3)CN3C=CN(CCN1C2)C3. The molecule has 0 N–H and O–H groups in total. The van der Waals surface area contributed by atoms with Gasteiger partial charge in [0.2, 0.25) is 0 Å². The summed E-state index contributed by atoms with van der Waals surface area (Å²) < 4.78 is 0. The highest BCUT2D eigenvalue weighted by Crippen LogP contribution is 2.19. The Balaban J connectivity index is 1.49. The first kappa shape index (κ1) is 15.3. The largest absolute Gasteiger partial charge is 0.357 e. The number of fused-ring (bicyclic) bond motifs is 9. The fourth-order valence-electron chi connectivity index (χ4n) is 3.62. The molecule has 0 aliphatic carbocycles. The van der Waals surface area contributed by atoms with Crippen molar-refractivity contribution in [2.45, 2.75) is 13.1 Å². The number of rotatable bonds is 0. The van der Waals surface area contributed by atoms with Crippen molar-refractivity contribution in [3.05, 3.63) is 72.6 Å². The summed E-state index contributed by atoms with van der Waals surface area (Å²) in [5.41, 5.74) is 4.02. The molecule has 26 heavy (non-hydrogen) atoms. The predicted molar refractivity (Wildman–Crippen MR) is 100.0 cm³/mol. The summed E-state index contributed by atoms with van der Waals surface area (Å²) in [6.07, 6.45) is 8.70. The van der Waals surface area contributed by atoms with Crippen LogP contribution >= 0.6 is 0 Å². The van der Waals surface area contributed by atoms with Gasteiger partial charge in [-0.3, -0.25) is 0 Å². The lowest BCUT2D eigenvalue weighted by Crippen LogP contribution is -2.33. The van der Waals surface area contributed by atoms with Gasteiger partial charge in [0.1, 0.15) is 0 Å². The van der Waals surface area contributed by atoms with E-state index < -0.39 is 0 Å². The number of nitrogens with zero attached hydrogens (tertiary/aromatic N) is 6. The summed E-state index contributed by atoms with van der Waals surface area (Å²) in [4.78, 5) is 19.0. The normalized spacial score (nSPS) is 18.8. The van der Waals surface area contributed by atoms with Crippen molar-refractivity contribution < 1.29 is 0 Å². The van der Waals surface area contributed by atoms with Gasteiger partial charge in [0.05, 0.1) is 49.2 Å². The Morgan fingerprint density at radius 3 is 1.54 bits per heavy atom. The maximum Gasteiger partial charge on any atom is 0.0898 e. The molecule has 0 spiro atoms. The lowest BCUT2D eigenvalue weighted by atomic mass is 10.2. The lowest BCUT2D eigenvalue weighted by Gasteiger charge is -2.25. The van der Waals surface area contributed by atoms with E-state index in [0.29, 0.717) is 0 Å². The zero-order valence-corrected chi connectivity index (χ0v) is 14.7. The number of aromatic nitrogens is 2. The van der Waals surface area contributed by atoms with Crippen LogP contribution in [0.5, 0.6) is 0 Å². The Morgan fingerprint density at radius 2 is 1.04 bits per heavy atom. The van der Waals surface area contributed by atoms with Gasteiger partial charge in [0.15, 0.2) is 0 Å². The van der Waals surface area contributed by atoms with E-state index in [-0.39, 0.29) is 0 Å². The van der Waals surface area contributed by atoms with Gasteiger partial charge in [-0.2, -0.15) is 0 Å². The molecular weight excluding hydrogens is 324 g/mol. The summed E-state index contributed by atoms with van der Waals surface area (Å²) in [6, 6.07) is 12.4. The van der Waals surface area contributed by atoms with Crippen LogP contribution in [0.15, 0.2) is 61.2 Å². The fourth-order valence-corrected chi connectivity index (χ4v) is 3.62. The van der Waals surface area contributed by atoms with Gasteiger partial charge in [0.25, 0.3) is 0 Å². The molecule has 0 radical (unpaired) electrons. The van der Waals surface area contributed by atoms with E-state index in [1.807, 2.05) is 12.1 Å². The first-order valence-corrected chi connectivity index (χ1v) is 9.07. The second kappa shape index (κ2) is 6.37. The van der Waals surface area contributed by atoms with E-state index >= 15 is 0 Å². The summed E-state index contributed by atoms with van der Waals surface area (Å²) in [6.45, 7) is 5.51. The fraction of sp³-hybridized carbons (Fsp3) is 0.300. The van der Waals surface area contributed by atoms with Crippen molar-refractivity contribution >= 4 is 0 Å². The molecule has 8 bridgehead atoms. The first-order valence-electron chi connectivity index (χ1n) is 9.07. The number of hydrogen-bond donors (Lipinski definition) is 0. The van der Waals surface area contributed by atoms with Gasteiger partial charge in [-0.15, -0.1) is 0 Å². The minimum Gasteiger partial charge on any atom is -0.357 e. The van der Waals surface area contributed by atoms with E-state index in [9.17, 15) is 0 Å². The summed E-state index contributed by atoms with van der Waals surface area (Å²) in [7, 11) is 0. The van der Waals surface area contributed by atoms with Crippen LogP contribution in [0.1, 0.15) is 11.4 Å². The Labute approximate surface area is 153 Å². The molecule has 5 rings (SSSR count). The van der Waals surface area contributed by atoms with Gasteiger partial charge in [-0.25, -0.2) is 9.97 Å². The van der Waals surface area contributed by atoms with Crippen LogP contribution in [0, 0.1) is 0 Å². The minimum atomic E-state index is 0.817. The third-order valence-electron chi connectivity index (χ3n) is 4.98. The van der Waals surface area contributed by atoms with Crippen molar-refractivity contribution in [2.75, 3.05) is 26.4 Å². The Hall–Kier alpha value is -3.02.